The van der Waals surface area contributed by atoms with E-state index in [9.17, 15) is 9.90 Å². The first-order chi connectivity index (χ1) is 8.18. The molecule has 2 N–H and O–H groups in total. The van der Waals surface area contributed by atoms with Crippen LogP contribution in [0.5, 0.6) is 0 Å². The van der Waals surface area contributed by atoms with Gasteiger partial charge in [-0.2, -0.15) is 0 Å². The molecule has 1 aromatic heterocycles. The fraction of sp³-hybridized carbons (Fsp3) is 0.700. The lowest BCUT2D eigenvalue weighted by molar-refractivity contribution is -0.124. The van der Waals surface area contributed by atoms with Crippen LogP contribution in [0.15, 0.2) is 12.4 Å². The Hall–Kier alpha value is -1.47. The lowest BCUT2D eigenvalue weighted by atomic mass is 9.94. The number of aliphatic hydroxyl groups is 1. The number of hydrogen-bond donors (Lipinski definition) is 2. The van der Waals surface area contributed by atoms with Crippen LogP contribution < -0.4 is 5.32 Å². The van der Waals surface area contributed by atoms with Crippen molar-refractivity contribution in [3.05, 3.63) is 12.4 Å². The third-order valence-electron chi connectivity index (χ3n) is 2.82. The van der Waals surface area contributed by atoms with Crippen LogP contribution >= 0.6 is 0 Å². The zero-order valence-corrected chi connectivity index (χ0v) is 9.50. The Balaban J connectivity index is 1.75. The average molecular weight is 240 g/mol. The van der Waals surface area contributed by atoms with E-state index in [2.05, 4.69) is 15.6 Å². The van der Waals surface area contributed by atoms with Crippen molar-refractivity contribution >= 4 is 5.91 Å². The van der Waals surface area contributed by atoms with E-state index in [4.69, 9.17) is 4.74 Å². The van der Waals surface area contributed by atoms with Gasteiger partial charge in [-0.1, -0.05) is 5.21 Å². The summed E-state index contributed by atoms with van der Waals surface area (Å²) in [5, 5.41) is 20.1. The van der Waals surface area contributed by atoms with Gasteiger partial charge in [0.25, 0.3) is 0 Å². The Kier molecular flexibility index (Phi) is 3.70. The van der Waals surface area contributed by atoms with Crippen LogP contribution in [0.1, 0.15) is 12.8 Å². The van der Waals surface area contributed by atoms with E-state index in [1.165, 1.54) is 10.9 Å². The molecule has 2 rings (SSSR count). The first-order valence-electron chi connectivity index (χ1n) is 5.59. The Morgan fingerprint density at radius 3 is 2.94 bits per heavy atom. The molecular formula is C10H16N4O3. The van der Waals surface area contributed by atoms with Gasteiger partial charge in [-0.25, -0.2) is 4.68 Å². The first kappa shape index (κ1) is 12.0. The molecule has 7 heteroatoms. The molecule has 1 amide bonds. The Labute approximate surface area is 98.8 Å². The van der Waals surface area contributed by atoms with Crippen LogP contribution in [0.4, 0.5) is 0 Å². The minimum absolute atomic E-state index is 0.118. The standard InChI is InChI=1S/C10H16N4O3/c15-9(7-14-4-3-12-13-14)11-8-10(16)1-5-17-6-2-10/h3-4,16H,1-2,5-8H2,(H,11,15). The van der Waals surface area contributed by atoms with Crippen LogP contribution in [0.3, 0.4) is 0 Å². The summed E-state index contributed by atoms with van der Waals surface area (Å²) in [6, 6.07) is 0. The number of aromatic nitrogens is 3. The lowest BCUT2D eigenvalue weighted by Crippen LogP contribution is -2.47. The second kappa shape index (κ2) is 5.24. The monoisotopic (exact) mass is 240 g/mol. The summed E-state index contributed by atoms with van der Waals surface area (Å²) < 4.78 is 6.60. The summed E-state index contributed by atoms with van der Waals surface area (Å²) in [5.74, 6) is -0.185. The van der Waals surface area contributed by atoms with E-state index in [0.717, 1.165) is 0 Å². The smallest absolute Gasteiger partial charge is 0.241 e. The van der Waals surface area contributed by atoms with Crippen LogP contribution in [-0.2, 0) is 16.1 Å². The number of rotatable bonds is 4. The van der Waals surface area contributed by atoms with Gasteiger partial charge in [0, 0.05) is 38.8 Å². The Bertz CT molecular complexity index is 360. The summed E-state index contributed by atoms with van der Waals surface area (Å²) in [6.45, 7) is 1.45. The lowest BCUT2D eigenvalue weighted by Gasteiger charge is -2.32. The number of amides is 1. The highest BCUT2D eigenvalue weighted by molar-refractivity contribution is 5.75. The highest BCUT2D eigenvalue weighted by Gasteiger charge is 2.29. The van der Waals surface area contributed by atoms with Crippen molar-refractivity contribution < 1.29 is 14.6 Å². The molecule has 94 valence electrons. The molecule has 0 aromatic carbocycles. The maximum atomic E-state index is 11.6. The van der Waals surface area contributed by atoms with E-state index >= 15 is 0 Å². The van der Waals surface area contributed by atoms with Crippen LogP contribution in [-0.4, -0.2) is 51.4 Å². The minimum atomic E-state index is -0.837. The molecule has 0 bridgehead atoms. The van der Waals surface area contributed by atoms with Crippen LogP contribution in [0.25, 0.3) is 0 Å². The van der Waals surface area contributed by atoms with Crippen molar-refractivity contribution in [3.63, 3.8) is 0 Å². The Morgan fingerprint density at radius 1 is 1.53 bits per heavy atom. The maximum absolute atomic E-state index is 11.6. The SMILES string of the molecule is O=C(Cn1ccnn1)NCC1(O)CCOCC1. The molecule has 0 saturated carbocycles. The van der Waals surface area contributed by atoms with Crippen molar-refractivity contribution in [2.45, 2.75) is 25.0 Å². The van der Waals surface area contributed by atoms with Crippen LogP contribution in [0, 0.1) is 0 Å². The highest BCUT2D eigenvalue weighted by atomic mass is 16.5. The third kappa shape index (κ3) is 3.50. The van der Waals surface area contributed by atoms with E-state index in [1.54, 1.807) is 6.20 Å². The summed E-state index contributed by atoms with van der Waals surface area (Å²) in [7, 11) is 0. The molecule has 1 aromatic rings. The molecule has 2 heterocycles. The second-order valence-corrected chi connectivity index (χ2v) is 4.21. The maximum Gasteiger partial charge on any atom is 0.241 e. The molecule has 17 heavy (non-hydrogen) atoms. The van der Waals surface area contributed by atoms with Gasteiger partial charge in [0.05, 0.1) is 11.8 Å². The average Bonchev–Trinajstić information content (AvgIpc) is 2.80. The highest BCUT2D eigenvalue weighted by Crippen LogP contribution is 2.19. The molecule has 1 saturated heterocycles. The number of carbonyl (C=O) groups excluding carboxylic acids is 1. The largest absolute Gasteiger partial charge is 0.388 e. The second-order valence-electron chi connectivity index (χ2n) is 4.21. The van der Waals surface area contributed by atoms with Gasteiger partial charge in [0.2, 0.25) is 5.91 Å². The predicted molar refractivity (Wildman–Crippen MR) is 58.0 cm³/mol. The molecular weight excluding hydrogens is 224 g/mol. The fourth-order valence-corrected chi connectivity index (χ4v) is 1.71. The summed E-state index contributed by atoms with van der Waals surface area (Å²) in [6.07, 6.45) is 4.23. The molecule has 1 aliphatic heterocycles. The van der Waals surface area contributed by atoms with E-state index in [-0.39, 0.29) is 19.0 Å². The van der Waals surface area contributed by atoms with Crippen molar-refractivity contribution in [1.29, 1.82) is 0 Å². The number of ether oxygens (including phenoxy) is 1. The number of carbonyl (C=O) groups is 1. The van der Waals surface area contributed by atoms with Gasteiger partial charge in [-0.3, -0.25) is 4.79 Å². The molecule has 0 aliphatic carbocycles. The van der Waals surface area contributed by atoms with Crippen molar-refractivity contribution in [1.82, 2.24) is 20.3 Å². The predicted octanol–water partition coefficient (Wildman–Crippen LogP) is -1.06. The van der Waals surface area contributed by atoms with Crippen molar-refractivity contribution in [2.24, 2.45) is 0 Å². The topological polar surface area (TPSA) is 89.3 Å². The summed E-state index contributed by atoms with van der Waals surface area (Å²) >= 11 is 0. The van der Waals surface area contributed by atoms with Gasteiger partial charge in [0.15, 0.2) is 0 Å². The molecule has 0 unspecified atom stereocenters. The van der Waals surface area contributed by atoms with Crippen molar-refractivity contribution in [2.75, 3.05) is 19.8 Å². The zero-order valence-electron chi connectivity index (χ0n) is 9.50. The summed E-state index contributed by atoms with van der Waals surface area (Å²) in [5.41, 5.74) is -0.837. The number of hydrogen-bond acceptors (Lipinski definition) is 5. The zero-order chi connectivity index (χ0) is 12.1. The van der Waals surface area contributed by atoms with E-state index in [1.807, 2.05) is 0 Å². The molecule has 1 aliphatic rings. The molecule has 0 spiro atoms. The third-order valence-corrected chi connectivity index (χ3v) is 2.82. The van der Waals surface area contributed by atoms with Crippen molar-refractivity contribution in [3.8, 4) is 0 Å². The molecule has 1 fully saturated rings. The Morgan fingerprint density at radius 2 is 2.29 bits per heavy atom. The van der Waals surface area contributed by atoms with E-state index < -0.39 is 5.60 Å². The van der Waals surface area contributed by atoms with Crippen LogP contribution in [0.2, 0.25) is 0 Å². The summed E-state index contributed by atoms with van der Waals surface area (Å²) in [4.78, 5) is 11.6. The quantitative estimate of drug-likeness (QED) is 0.700. The molecule has 0 radical (unpaired) electrons. The van der Waals surface area contributed by atoms with E-state index in [0.29, 0.717) is 26.1 Å². The van der Waals surface area contributed by atoms with Gasteiger partial charge < -0.3 is 15.2 Å². The van der Waals surface area contributed by atoms with Gasteiger partial charge in [0.1, 0.15) is 6.54 Å². The minimum Gasteiger partial charge on any atom is -0.388 e. The molecule has 7 nitrogen and oxygen atoms in total. The molecule has 0 atom stereocenters. The van der Waals surface area contributed by atoms with Gasteiger partial charge >= 0.3 is 0 Å². The van der Waals surface area contributed by atoms with Gasteiger partial charge in [-0.15, -0.1) is 5.10 Å². The fourth-order valence-electron chi connectivity index (χ4n) is 1.71. The first-order valence-corrected chi connectivity index (χ1v) is 5.59. The number of nitrogens with one attached hydrogen (secondary N) is 1. The number of nitrogens with zero attached hydrogens (tertiary/aromatic N) is 3. The van der Waals surface area contributed by atoms with Gasteiger partial charge in [-0.05, 0) is 0 Å². The normalized spacial score (nSPS) is 18.9.